The number of nitrogens with zero attached hydrogens (tertiary/aromatic N) is 1. The van der Waals surface area contributed by atoms with Gasteiger partial charge in [0.1, 0.15) is 6.61 Å². The van der Waals surface area contributed by atoms with Crippen LogP contribution >= 0.6 is 0 Å². The zero-order valence-corrected chi connectivity index (χ0v) is 18.1. The van der Waals surface area contributed by atoms with E-state index in [0.717, 1.165) is 28.7 Å². The van der Waals surface area contributed by atoms with E-state index in [1.165, 1.54) is 4.90 Å². The summed E-state index contributed by atoms with van der Waals surface area (Å²) in [6.07, 6.45) is 1.47. The van der Waals surface area contributed by atoms with Gasteiger partial charge in [0.25, 0.3) is 0 Å². The molecule has 1 saturated heterocycles. The molecule has 3 N–H and O–H groups in total. The van der Waals surface area contributed by atoms with Crippen LogP contribution in [0.2, 0.25) is 0 Å². The van der Waals surface area contributed by atoms with E-state index >= 15 is 0 Å². The van der Waals surface area contributed by atoms with Gasteiger partial charge in [-0.3, -0.25) is 4.79 Å². The number of hydrogen-bond acceptors (Lipinski definition) is 5. The average molecular weight is 450 g/mol. The van der Waals surface area contributed by atoms with Crippen LogP contribution in [-0.4, -0.2) is 64.4 Å². The maximum absolute atomic E-state index is 12.8. The summed E-state index contributed by atoms with van der Waals surface area (Å²) in [6.45, 7) is -0.256. The molecule has 2 atom stereocenters. The molecule has 172 valence electrons. The number of fused-ring (bicyclic) bond motifs is 3. The summed E-state index contributed by atoms with van der Waals surface area (Å²) in [4.78, 5) is 37.8. The van der Waals surface area contributed by atoms with Gasteiger partial charge in [-0.05, 0) is 35.1 Å². The lowest BCUT2D eigenvalue weighted by atomic mass is 9.91. The van der Waals surface area contributed by atoms with Gasteiger partial charge < -0.3 is 25.2 Å². The lowest BCUT2D eigenvalue weighted by molar-refractivity contribution is -0.183. The molecule has 3 aliphatic rings. The van der Waals surface area contributed by atoms with E-state index in [-0.39, 0.29) is 37.6 Å². The topological polar surface area (TPSA) is 116 Å². The molecule has 2 aliphatic carbocycles. The highest BCUT2D eigenvalue weighted by molar-refractivity contribution is 5.87. The van der Waals surface area contributed by atoms with Crippen LogP contribution in [0.1, 0.15) is 36.3 Å². The molecular formula is C25H26N2O6. The fraction of sp³-hybridized carbons (Fsp3) is 0.400. The normalized spacial score (nSPS) is 22.8. The number of β-amino-alcohol motifs (C(OH)–C–C–N with tert-alkyl or cyclic N) is 1. The highest BCUT2D eigenvalue weighted by Crippen LogP contribution is 2.44. The summed E-state index contributed by atoms with van der Waals surface area (Å²) in [5, 5.41) is 21.8. The van der Waals surface area contributed by atoms with E-state index in [2.05, 4.69) is 29.6 Å². The number of benzene rings is 2. The minimum absolute atomic E-state index is 0.0426. The summed E-state index contributed by atoms with van der Waals surface area (Å²) in [5.74, 6) is -2.04. The quantitative estimate of drug-likeness (QED) is 0.644. The number of rotatable bonds is 5. The molecule has 1 heterocycles. The Labute approximate surface area is 191 Å². The Morgan fingerprint density at radius 2 is 1.61 bits per heavy atom. The fourth-order valence-corrected chi connectivity index (χ4v) is 5.33. The molecule has 8 nitrogen and oxygen atoms in total. The molecule has 0 bridgehead atoms. The molecule has 1 saturated carbocycles. The minimum Gasteiger partial charge on any atom is -0.479 e. The van der Waals surface area contributed by atoms with Crippen molar-refractivity contribution in [1.82, 2.24) is 10.2 Å². The second kappa shape index (κ2) is 8.19. The number of hydrogen-bond donors (Lipinski definition) is 3. The van der Waals surface area contributed by atoms with Gasteiger partial charge in [0.05, 0.1) is 19.0 Å². The second-order valence-corrected chi connectivity index (χ2v) is 9.14. The highest BCUT2D eigenvalue weighted by Gasteiger charge is 2.52. The van der Waals surface area contributed by atoms with E-state index in [9.17, 15) is 19.5 Å². The zero-order chi connectivity index (χ0) is 23.2. The van der Waals surface area contributed by atoms with Gasteiger partial charge in [0, 0.05) is 12.0 Å². The van der Waals surface area contributed by atoms with Crippen molar-refractivity contribution >= 4 is 18.0 Å². The molecule has 2 amide bonds. The van der Waals surface area contributed by atoms with Crippen molar-refractivity contribution in [3.05, 3.63) is 59.7 Å². The van der Waals surface area contributed by atoms with E-state index < -0.39 is 23.6 Å². The number of carboxylic acids is 1. The summed E-state index contributed by atoms with van der Waals surface area (Å²) >= 11 is 0. The Bertz CT molecular complexity index is 1060. The summed E-state index contributed by atoms with van der Waals surface area (Å²) in [5.41, 5.74) is 2.69. The summed E-state index contributed by atoms with van der Waals surface area (Å²) in [7, 11) is 0. The third-order valence-electron chi connectivity index (χ3n) is 7.09. The lowest BCUT2D eigenvalue weighted by Gasteiger charge is -2.44. The number of amides is 2. The Morgan fingerprint density at radius 3 is 2.21 bits per heavy atom. The van der Waals surface area contributed by atoms with E-state index in [0.29, 0.717) is 12.8 Å². The van der Waals surface area contributed by atoms with E-state index in [1.807, 2.05) is 24.3 Å². The van der Waals surface area contributed by atoms with Crippen LogP contribution in [0.15, 0.2) is 48.5 Å². The van der Waals surface area contributed by atoms with Crippen LogP contribution in [0.5, 0.6) is 0 Å². The number of carbonyl (C=O) groups is 3. The SMILES string of the molecule is O=C(NC1CCCC1C(=O)N1CC(O)(C(=O)O)C1)OCC1c2ccccc2-c2ccccc21. The standard InChI is InChI=1S/C25H26N2O6/c28-22(27-13-25(32,14-27)23(29)30)19-10-5-11-21(19)26-24(31)33-12-20-17-8-3-1-6-15(17)16-7-2-4-9-18(16)20/h1-4,6-9,19-21,32H,5,10-14H2,(H,26,31)(H,29,30). The molecule has 8 heteroatoms. The molecule has 2 aromatic carbocycles. The first-order chi connectivity index (χ1) is 15.9. The van der Waals surface area contributed by atoms with Crippen LogP contribution in [0, 0.1) is 5.92 Å². The third kappa shape index (κ3) is 3.74. The monoisotopic (exact) mass is 450 g/mol. The third-order valence-corrected chi connectivity index (χ3v) is 7.09. The number of likely N-dealkylation sites (tertiary alicyclic amines) is 1. The Balaban J connectivity index is 1.20. The molecule has 0 aromatic heterocycles. The van der Waals surface area contributed by atoms with Crippen LogP contribution in [0.25, 0.3) is 11.1 Å². The molecule has 2 fully saturated rings. The molecule has 5 rings (SSSR count). The van der Waals surface area contributed by atoms with Gasteiger partial charge in [-0.15, -0.1) is 0 Å². The lowest BCUT2D eigenvalue weighted by Crippen LogP contribution is -2.68. The van der Waals surface area contributed by atoms with Gasteiger partial charge in [0.2, 0.25) is 5.91 Å². The maximum Gasteiger partial charge on any atom is 0.407 e. The number of carboxylic acid groups (broad SMARTS) is 1. The number of aliphatic hydroxyl groups is 1. The molecule has 1 aliphatic heterocycles. The van der Waals surface area contributed by atoms with E-state index in [1.54, 1.807) is 0 Å². The molecule has 2 unspecified atom stereocenters. The van der Waals surface area contributed by atoms with Crippen molar-refractivity contribution in [2.45, 2.75) is 36.8 Å². The molecule has 0 radical (unpaired) electrons. The van der Waals surface area contributed by atoms with E-state index in [4.69, 9.17) is 9.84 Å². The number of alkyl carbamates (subject to hydrolysis) is 1. The maximum atomic E-state index is 12.8. The van der Waals surface area contributed by atoms with Gasteiger partial charge in [-0.25, -0.2) is 9.59 Å². The number of ether oxygens (including phenoxy) is 1. The zero-order valence-electron chi connectivity index (χ0n) is 18.1. The van der Waals surface area contributed by atoms with Crippen LogP contribution in [0.3, 0.4) is 0 Å². The largest absolute Gasteiger partial charge is 0.479 e. The van der Waals surface area contributed by atoms with Crippen molar-refractivity contribution in [1.29, 1.82) is 0 Å². The number of nitrogens with one attached hydrogen (secondary N) is 1. The van der Waals surface area contributed by atoms with Crippen molar-refractivity contribution in [3.63, 3.8) is 0 Å². The van der Waals surface area contributed by atoms with Gasteiger partial charge >= 0.3 is 12.1 Å². The molecular weight excluding hydrogens is 424 g/mol. The van der Waals surface area contributed by atoms with Gasteiger partial charge in [-0.1, -0.05) is 55.0 Å². The second-order valence-electron chi connectivity index (χ2n) is 9.14. The number of carbonyl (C=O) groups excluding carboxylic acids is 2. The predicted octanol–water partition coefficient (Wildman–Crippen LogP) is 2.35. The highest BCUT2D eigenvalue weighted by atomic mass is 16.5. The first-order valence-corrected chi connectivity index (χ1v) is 11.2. The summed E-state index contributed by atoms with van der Waals surface area (Å²) < 4.78 is 5.60. The van der Waals surface area contributed by atoms with Crippen molar-refractivity contribution in [2.75, 3.05) is 19.7 Å². The Kier molecular flexibility index (Phi) is 5.32. The van der Waals surface area contributed by atoms with Crippen LogP contribution in [0.4, 0.5) is 4.79 Å². The Hall–Kier alpha value is -3.39. The first kappa shape index (κ1) is 21.5. The van der Waals surface area contributed by atoms with Crippen molar-refractivity contribution < 1.29 is 29.3 Å². The van der Waals surface area contributed by atoms with Crippen molar-refractivity contribution in [3.8, 4) is 11.1 Å². The first-order valence-electron chi connectivity index (χ1n) is 11.2. The molecule has 2 aromatic rings. The minimum atomic E-state index is -1.87. The fourth-order valence-electron chi connectivity index (χ4n) is 5.33. The Morgan fingerprint density at radius 1 is 1.00 bits per heavy atom. The molecule has 0 spiro atoms. The smallest absolute Gasteiger partial charge is 0.407 e. The number of aliphatic carboxylic acids is 1. The van der Waals surface area contributed by atoms with Crippen molar-refractivity contribution in [2.24, 2.45) is 5.92 Å². The van der Waals surface area contributed by atoms with Crippen LogP contribution < -0.4 is 5.32 Å². The predicted molar refractivity (Wildman–Crippen MR) is 118 cm³/mol. The molecule has 33 heavy (non-hydrogen) atoms. The van der Waals surface area contributed by atoms with Gasteiger partial charge in [-0.2, -0.15) is 0 Å². The average Bonchev–Trinajstić information content (AvgIpc) is 3.37. The van der Waals surface area contributed by atoms with Crippen LogP contribution in [-0.2, 0) is 14.3 Å². The summed E-state index contributed by atoms with van der Waals surface area (Å²) in [6, 6.07) is 15.8. The van der Waals surface area contributed by atoms with Gasteiger partial charge in [0.15, 0.2) is 5.60 Å².